The normalized spacial score (nSPS) is 11.4. The number of carbonyl (C=O) groups excluding carboxylic acids is 1. The Balaban J connectivity index is 1.94. The number of amides is 1. The minimum atomic E-state index is -0.454. The molecule has 7 nitrogen and oxygen atoms in total. The number of hydrogen-bond donors (Lipinski definition) is 2. The van der Waals surface area contributed by atoms with Crippen molar-refractivity contribution in [3.05, 3.63) is 41.7 Å². The molecule has 0 atom stereocenters. The summed E-state index contributed by atoms with van der Waals surface area (Å²) >= 11 is 0. The Morgan fingerprint density at radius 3 is 2.78 bits per heavy atom. The second kappa shape index (κ2) is 4.64. The summed E-state index contributed by atoms with van der Waals surface area (Å²) in [6, 6.07) is 7.21. The smallest absolute Gasteiger partial charge is 0.248 e. The minimum absolute atomic E-state index is 0.454. The van der Waals surface area contributed by atoms with E-state index in [1.807, 2.05) is 26.1 Å². The maximum atomic E-state index is 11.4. The summed E-state index contributed by atoms with van der Waals surface area (Å²) in [4.78, 5) is 23.6. The zero-order valence-electron chi connectivity index (χ0n) is 12.7. The minimum Gasteiger partial charge on any atom is -0.366 e. The highest BCUT2D eigenvalue weighted by atomic mass is 16.1. The van der Waals surface area contributed by atoms with Crippen molar-refractivity contribution in [3.63, 3.8) is 0 Å². The molecule has 3 heterocycles. The molecule has 0 saturated carbocycles. The monoisotopic (exact) mass is 306 g/mol. The number of aromatic nitrogens is 5. The van der Waals surface area contributed by atoms with Gasteiger partial charge in [-0.3, -0.25) is 9.48 Å². The van der Waals surface area contributed by atoms with E-state index < -0.39 is 5.91 Å². The summed E-state index contributed by atoms with van der Waals surface area (Å²) in [7, 11) is 1.86. The Bertz CT molecular complexity index is 1080. The Morgan fingerprint density at radius 1 is 1.26 bits per heavy atom. The van der Waals surface area contributed by atoms with Crippen LogP contribution in [-0.4, -0.2) is 30.6 Å². The van der Waals surface area contributed by atoms with Crippen LogP contribution in [0.1, 0.15) is 16.1 Å². The van der Waals surface area contributed by atoms with Gasteiger partial charge < -0.3 is 10.7 Å². The van der Waals surface area contributed by atoms with Crippen molar-refractivity contribution < 1.29 is 4.79 Å². The van der Waals surface area contributed by atoms with Gasteiger partial charge in [-0.2, -0.15) is 5.10 Å². The highest BCUT2D eigenvalue weighted by Gasteiger charge is 2.13. The number of aryl methyl sites for hydroxylation is 2. The van der Waals surface area contributed by atoms with Crippen LogP contribution in [0.2, 0.25) is 0 Å². The molecule has 23 heavy (non-hydrogen) atoms. The molecule has 3 N–H and O–H groups in total. The number of fused-ring (bicyclic) bond motifs is 3. The highest BCUT2D eigenvalue weighted by Crippen LogP contribution is 2.26. The number of nitrogens with one attached hydrogen (secondary N) is 1. The molecule has 114 valence electrons. The van der Waals surface area contributed by atoms with E-state index in [0.717, 1.165) is 27.7 Å². The van der Waals surface area contributed by atoms with E-state index in [1.54, 1.807) is 23.0 Å². The molecule has 0 radical (unpaired) electrons. The maximum absolute atomic E-state index is 11.4. The van der Waals surface area contributed by atoms with Crippen molar-refractivity contribution in [1.82, 2.24) is 24.7 Å². The maximum Gasteiger partial charge on any atom is 0.248 e. The first kappa shape index (κ1) is 13.4. The molecule has 0 aliphatic heterocycles. The molecule has 0 unspecified atom stereocenters. The molecule has 4 rings (SSSR count). The van der Waals surface area contributed by atoms with Crippen LogP contribution in [0, 0.1) is 6.92 Å². The van der Waals surface area contributed by atoms with E-state index in [1.165, 1.54) is 0 Å². The van der Waals surface area contributed by atoms with Gasteiger partial charge in [-0.05, 0) is 31.2 Å². The van der Waals surface area contributed by atoms with E-state index in [-0.39, 0.29) is 0 Å². The molecule has 0 fully saturated rings. The van der Waals surface area contributed by atoms with Gasteiger partial charge in [0, 0.05) is 35.1 Å². The second-order valence-electron chi connectivity index (χ2n) is 5.50. The number of benzene rings is 1. The predicted molar refractivity (Wildman–Crippen MR) is 86.9 cm³/mol. The summed E-state index contributed by atoms with van der Waals surface area (Å²) in [5.41, 5.74) is 9.17. The lowest BCUT2D eigenvalue weighted by Gasteiger charge is -2.00. The highest BCUT2D eigenvalue weighted by molar-refractivity contribution is 6.08. The molecule has 0 aliphatic rings. The van der Waals surface area contributed by atoms with Crippen LogP contribution in [0.15, 0.2) is 30.5 Å². The average Bonchev–Trinajstić information content (AvgIpc) is 3.05. The number of nitrogens with two attached hydrogens (primary N) is 1. The summed E-state index contributed by atoms with van der Waals surface area (Å²) in [5.74, 6) is 0.145. The van der Waals surface area contributed by atoms with Crippen LogP contribution in [0.3, 0.4) is 0 Å². The number of nitrogens with zero attached hydrogens (tertiary/aromatic N) is 4. The quantitative estimate of drug-likeness (QED) is 0.590. The Kier molecular flexibility index (Phi) is 2.71. The standard InChI is InChI=1S/C16H14N6O/c1-8-5-13(22(2)21-8)16-18-7-11-10-6-9(14(17)23)3-4-12(10)19-15(11)20-16/h3-7H,1-2H3,(H2,17,23)(H,18,19,20). The van der Waals surface area contributed by atoms with Gasteiger partial charge in [0.15, 0.2) is 5.82 Å². The lowest BCUT2D eigenvalue weighted by Crippen LogP contribution is -2.10. The lowest BCUT2D eigenvalue weighted by molar-refractivity contribution is 0.100. The summed E-state index contributed by atoms with van der Waals surface area (Å²) in [5, 5.41) is 6.05. The van der Waals surface area contributed by atoms with E-state index in [4.69, 9.17) is 5.73 Å². The third-order valence-electron chi connectivity index (χ3n) is 3.87. The zero-order chi connectivity index (χ0) is 16.1. The third-order valence-corrected chi connectivity index (χ3v) is 3.87. The molecule has 0 saturated heterocycles. The summed E-state index contributed by atoms with van der Waals surface area (Å²) < 4.78 is 1.75. The van der Waals surface area contributed by atoms with E-state index >= 15 is 0 Å². The fraction of sp³-hybridized carbons (Fsp3) is 0.125. The third kappa shape index (κ3) is 2.05. The lowest BCUT2D eigenvalue weighted by atomic mass is 10.1. The van der Waals surface area contributed by atoms with Gasteiger partial charge >= 0.3 is 0 Å². The van der Waals surface area contributed by atoms with Crippen molar-refractivity contribution in [3.8, 4) is 11.5 Å². The number of H-pyrrole nitrogens is 1. The molecule has 1 amide bonds. The molecule has 4 aromatic rings. The second-order valence-corrected chi connectivity index (χ2v) is 5.50. The Morgan fingerprint density at radius 2 is 2.09 bits per heavy atom. The molecule has 3 aromatic heterocycles. The van der Waals surface area contributed by atoms with E-state index in [0.29, 0.717) is 17.0 Å². The zero-order valence-corrected chi connectivity index (χ0v) is 12.7. The van der Waals surface area contributed by atoms with Gasteiger partial charge in [0.2, 0.25) is 5.91 Å². The fourth-order valence-electron chi connectivity index (χ4n) is 2.77. The van der Waals surface area contributed by atoms with Crippen LogP contribution < -0.4 is 5.73 Å². The molecule has 7 heteroatoms. The number of aromatic amines is 1. The van der Waals surface area contributed by atoms with Crippen molar-refractivity contribution in [2.75, 3.05) is 0 Å². The van der Waals surface area contributed by atoms with Crippen LogP contribution in [0.4, 0.5) is 0 Å². The Hall–Kier alpha value is -3.22. The molecule has 1 aromatic carbocycles. The molecular weight excluding hydrogens is 292 g/mol. The molecule has 0 aliphatic carbocycles. The van der Waals surface area contributed by atoms with Crippen molar-refractivity contribution in [2.24, 2.45) is 12.8 Å². The van der Waals surface area contributed by atoms with E-state index in [9.17, 15) is 4.79 Å². The largest absolute Gasteiger partial charge is 0.366 e. The van der Waals surface area contributed by atoms with Gasteiger partial charge in [-0.15, -0.1) is 0 Å². The predicted octanol–water partition coefficient (Wildman–Crippen LogP) is 1.92. The molecular formula is C16H14N6O. The van der Waals surface area contributed by atoms with Crippen LogP contribution in [-0.2, 0) is 7.05 Å². The van der Waals surface area contributed by atoms with Gasteiger partial charge in [-0.25, -0.2) is 9.97 Å². The summed E-state index contributed by atoms with van der Waals surface area (Å²) in [6.45, 7) is 1.93. The first-order valence-corrected chi connectivity index (χ1v) is 7.12. The van der Waals surface area contributed by atoms with Crippen molar-refractivity contribution in [1.29, 1.82) is 0 Å². The number of primary amides is 1. The van der Waals surface area contributed by atoms with E-state index in [2.05, 4.69) is 20.1 Å². The number of rotatable bonds is 2. The van der Waals surface area contributed by atoms with Gasteiger partial charge in [-0.1, -0.05) is 0 Å². The topological polar surface area (TPSA) is 102 Å². The van der Waals surface area contributed by atoms with Crippen LogP contribution in [0.25, 0.3) is 33.5 Å². The SMILES string of the molecule is Cc1cc(-c2ncc3c(n2)[nH]c2ccc(C(N)=O)cc23)n(C)n1. The molecule has 0 bridgehead atoms. The number of carbonyl (C=O) groups is 1. The van der Waals surface area contributed by atoms with Gasteiger partial charge in [0.1, 0.15) is 11.3 Å². The van der Waals surface area contributed by atoms with Crippen LogP contribution >= 0.6 is 0 Å². The van der Waals surface area contributed by atoms with Gasteiger partial charge in [0.05, 0.1) is 5.69 Å². The van der Waals surface area contributed by atoms with Crippen molar-refractivity contribution >= 4 is 27.8 Å². The fourth-order valence-corrected chi connectivity index (χ4v) is 2.77. The number of hydrogen-bond acceptors (Lipinski definition) is 4. The van der Waals surface area contributed by atoms with Crippen molar-refractivity contribution in [2.45, 2.75) is 6.92 Å². The molecule has 0 spiro atoms. The first-order chi connectivity index (χ1) is 11.0. The summed E-state index contributed by atoms with van der Waals surface area (Å²) in [6.07, 6.45) is 1.75. The first-order valence-electron chi connectivity index (χ1n) is 7.12. The van der Waals surface area contributed by atoms with Crippen LogP contribution in [0.5, 0.6) is 0 Å². The average molecular weight is 306 g/mol. The Labute approximate surface area is 131 Å². The van der Waals surface area contributed by atoms with Gasteiger partial charge in [0.25, 0.3) is 0 Å².